The summed E-state index contributed by atoms with van der Waals surface area (Å²) in [5, 5.41) is 3.53. The highest BCUT2D eigenvalue weighted by atomic mass is 14.9. The van der Waals surface area contributed by atoms with E-state index in [0.29, 0.717) is 6.04 Å². The molecule has 0 aromatic rings. The Balaban J connectivity index is 3.87. The summed E-state index contributed by atoms with van der Waals surface area (Å²) < 4.78 is 0. The van der Waals surface area contributed by atoms with Gasteiger partial charge in [-0.2, -0.15) is 0 Å². The van der Waals surface area contributed by atoms with Gasteiger partial charge in [0.15, 0.2) is 0 Å². The molecule has 0 rings (SSSR count). The Hall–Kier alpha value is -0.0400. The van der Waals surface area contributed by atoms with Gasteiger partial charge in [0, 0.05) is 6.04 Å². The van der Waals surface area contributed by atoms with Gasteiger partial charge < -0.3 is 5.32 Å². The molecule has 0 spiro atoms. The van der Waals surface area contributed by atoms with Crippen molar-refractivity contribution in [2.75, 3.05) is 6.54 Å². The zero-order valence-electron chi connectivity index (χ0n) is 8.65. The topological polar surface area (TPSA) is 12.0 Å². The molecule has 1 heteroatoms. The first-order chi connectivity index (χ1) is 5.13. The van der Waals surface area contributed by atoms with Gasteiger partial charge in [-0.3, -0.25) is 0 Å². The van der Waals surface area contributed by atoms with E-state index in [2.05, 4.69) is 39.9 Å². The molecule has 0 saturated carbocycles. The van der Waals surface area contributed by atoms with Crippen LogP contribution in [0.5, 0.6) is 0 Å². The molecule has 2 atom stereocenters. The number of nitrogens with one attached hydrogen (secondary N) is 1. The molecule has 11 heavy (non-hydrogen) atoms. The van der Waals surface area contributed by atoms with Crippen LogP contribution in [0.4, 0.5) is 0 Å². The molecule has 0 saturated heterocycles. The minimum atomic E-state index is 0.699. The second-order valence-corrected chi connectivity index (χ2v) is 3.71. The molecule has 0 aromatic heterocycles. The van der Waals surface area contributed by atoms with E-state index in [1.807, 2.05) is 0 Å². The first kappa shape index (κ1) is 11.0. The standard InChI is InChI=1S/C10H23N/c1-6-9(5)10(8(3)4)11-7-2/h8-11H,6-7H2,1-5H3. The maximum absolute atomic E-state index is 3.53. The molecule has 1 nitrogen and oxygen atoms in total. The van der Waals surface area contributed by atoms with Crippen LogP contribution < -0.4 is 5.32 Å². The van der Waals surface area contributed by atoms with Gasteiger partial charge in [0.05, 0.1) is 0 Å². The molecule has 0 radical (unpaired) electrons. The van der Waals surface area contributed by atoms with E-state index in [-0.39, 0.29) is 0 Å². The zero-order valence-corrected chi connectivity index (χ0v) is 8.65. The smallest absolute Gasteiger partial charge is 0.0115 e. The summed E-state index contributed by atoms with van der Waals surface area (Å²) in [5.41, 5.74) is 0. The second-order valence-electron chi connectivity index (χ2n) is 3.71. The van der Waals surface area contributed by atoms with Crippen molar-refractivity contribution in [3.05, 3.63) is 0 Å². The third kappa shape index (κ3) is 3.76. The van der Waals surface area contributed by atoms with Gasteiger partial charge in [0.1, 0.15) is 0 Å². The van der Waals surface area contributed by atoms with Gasteiger partial charge in [-0.05, 0) is 18.4 Å². The quantitative estimate of drug-likeness (QED) is 0.647. The van der Waals surface area contributed by atoms with Gasteiger partial charge in [-0.15, -0.1) is 0 Å². The highest BCUT2D eigenvalue weighted by molar-refractivity contribution is 4.74. The van der Waals surface area contributed by atoms with E-state index in [1.54, 1.807) is 0 Å². The molecule has 0 heterocycles. The van der Waals surface area contributed by atoms with Crippen molar-refractivity contribution in [3.8, 4) is 0 Å². The van der Waals surface area contributed by atoms with E-state index in [9.17, 15) is 0 Å². The van der Waals surface area contributed by atoms with E-state index in [0.717, 1.165) is 18.4 Å². The maximum Gasteiger partial charge on any atom is 0.0115 e. The minimum Gasteiger partial charge on any atom is -0.314 e. The van der Waals surface area contributed by atoms with Crippen LogP contribution in [0.3, 0.4) is 0 Å². The van der Waals surface area contributed by atoms with Crippen molar-refractivity contribution in [3.63, 3.8) is 0 Å². The zero-order chi connectivity index (χ0) is 8.85. The summed E-state index contributed by atoms with van der Waals surface area (Å²) in [4.78, 5) is 0. The molecule has 1 N–H and O–H groups in total. The molecular weight excluding hydrogens is 134 g/mol. The van der Waals surface area contributed by atoms with Gasteiger partial charge in [0.25, 0.3) is 0 Å². The average molecular weight is 157 g/mol. The Kier molecular flexibility index (Phi) is 5.57. The number of hydrogen-bond donors (Lipinski definition) is 1. The fourth-order valence-electron chi connectivity index (χ4n) is 1.58. The van der Waals surface area contributed by atoms with E-state index >= 15 is 0 Å². The van der Waals surface area contributed by atoms with Gasteiger partial charge in [-0.25, -0.2) is 0 Å². The van der Waals surface area contributed by atoms with Crippen molar-refractivity contribution in [1.82, 2.24) is 5.32 Å². The third-order valence-electron chi connectivity index (χ3n) is 2.42. The molecule has 0 aliphatic heterocycles. The molecule has 68 valence electrons. The van der Waals surface area contributed by atoms with Crippen molar-refractivity contribution >= 4 is 0 Å². The largest absolute Gasteiger partial charge is 0.314 e. The van der Waals surface area contributed by atoms with Crippen molar-refractivity contribution in [2.45, 2.75) is 47.1 Å². The van der Waals surface area contributed by atoms with E-state index < -0.39 is 0 Å². The van der Waals surface area contributed by atoms with E-state index in [1.165, 1.54) is 6.42 Å². The monoisotopic (exact) mass is 157 g/mol. The van der Waals surface area contributed by atoms with Crippen LogP contribution in [-0.2, 0) is 0 Å². The molecule has 0 bridgehead atoms. The Morgan fingerprint density at radius 1 is 1.09 bits per heavy atom. The predicted octanol–water partition coefficient (Wildman–Crippen LogP) is 2.67. The lowest BCUT2D eigenvalue weighted by Crippen LogP contribution is -2.38. The third-order valence-corrected chi connectivity index (χ3v) is 2.42. The van der Waals surface area contributed by atoms with Crippen LogP contribution >= 0.6 is 0 Å². The van der Waals surface area contributed by atoms with Crippen LogP contribution in [0.1, 0.15) is 41.0 Å². The lowest BCUT2D eigenvalue weighted by molar-refractivity contribution is 0.297. The van der Waals surface area contributed by atoms with Gasteiger partial charge in [-0.1, -0.05) is 41.0 Å². The fourth-order valence-corrected chi connectivity index (χ4v) is 1.58. The second kappa shape index (κ2) is 5.59. The Morgan fingerprint density at radius 2 is 1.64 bits per heavy atom. The summed E-state index contributed by atoms with van der Waals surface area (Å²) in [7, 11) is 0. The molecule has 0 amide bonds. The van der Waals surface area contributed by atoms with Gasteiger partial charge in [0.2, 0.25) is 0 Å². The summed E-state index contributed by atoms with van der Waals surface area (Å²) in [6.07, 6.45) is 1.27. The van der Waals surface area contributed by atoms with Crippen LogP contribution in [-0.4, -0.2) is 12.6 Å². The Labute approximate surface area is 71.6 Å². The first-order valence-electron chi connectivity index (χ1n) is 4.86. The van der Waals surface area contributed by atoms with Crippen molar-refractivity contribution in [2.24, 2.45) is 11.8 Å². The maximum atomic E-state index is 3.53. The summed E-state index contributed by atoms with van der Waals surface area (Å²) in [6, 6.07) is 0.699. The molecule has 0 aliphatic carbocycles. The van der Waals surface area contributed by atoms with Crippen molar-refractivity contribution < 1.29 is 0 Å². The lowest BCUT2D eigenvalue weighted by atomic mass is 9.90. The van der Waals surface area contributed by atoms with Crippen LogP contribution in [0, 0.1) is 11.8 Å². The number of hydrogen-bond acceptors (Lipinski definition) is 1. The Bertz CT molecular complexity index is 88.9. The molecule has 0 aliphatic rings. The molecule has 2 unspecified atom stereocenters. The Morgan fingerprint density at radius 3 is 1.91 bits per heavy atom. The first-order valence-corrected chi connectivity index (χ1v) is 4.86. The van der Waals surface area contributed by atoms with Crippen molar-refractivity contribution in [1.29, 1.82) is 0 Å². The van der Waals surface area contributed by atoms with Crippen LogP contribution in [0.25, 0.3) is 0 Å². The average Bonchev–Trinajstić information content (AvgIpc) is 1.98. The highest BCUT2D eigenvalue weighted by Crippen LogP contribution is 2.15. The van der Waals surface area contributed by atoms with Crippen LogP contribution in [0.2, 0.25) is 0 Å². The summed E-state index contributed by atoms with van der Waals surface area (Å²) >= 11 is 0. The lowest BCUT2D eigenvalue weighted by Gasteiger charge is -2.27. The highest BCUT2D eigenvalue weighted by Gasteiger charge is 2.17. The molecule has 0 aromatic carbocycles. The minimum absolute atomic E-state index is 0.699. The number of rotatable bonds is 5. The van der Waals surface area contributed by atoms with Gasteiger partial charge >= 0.3 is 0 Å². The molecule has 0 fully saturated rings. The summed E-state index contributed by atoms with van der Waals surface area (Å²) in [5.74, 6) is 1.56. The summed E-state index contributed by atoms with van der Waals surface area (Å²) in [6.45, 7) is 12.4. The SMILES string of the molecule is CCNC(C(C)C)C(C)CC. The fraction of sp³-hybridized carbons (Fsp3) is 1.00. The normalized spacial score (nSPS) is 16.9. The molecular formula is C10H23N. The predicted molar refractivity (Wildman–Crippen MR) is 51.8 cm³/mol. The van der Waals surface area contributed by atoms with E-state index in [4.69, 9.17) is 0 Å². The van der Waals surface area contributed by atoms with Crippen LogP contribution in [0.15, 0.2) is 0 Å².